The van der Waals surface area contributed by atoms with E-state index in [1.807, 2.05) is 6.92 Å². The number of halogens is 1. The summed E-state index contributed by atoms with van der Waals surface area (Å²) in [6.07, 6.45) is 0.593. The molecule has 20 heavy (non-hydrogen) atoms. The first kappa shape index (κ1) is 14.3. The third-order valence-corrected chi connectivity index (χ3v) is 3.78. The second-order valence-corrected chi connectivity index (χ2v) is 5.35. The molecule has 3 N–H and O–H groups in total. The number of nitrogens with one attached hydrogen (secondary N) is 1. The van der Waals surface area contributed by atoms with Crippen molar-refractivity contribution in [1.82, 2.24) is 10.2 Å². The standard InChI is InChI=1S/C14H18FN3O2/c1-14(13(20)17-2)5-6-18(8-14)12(19)9-3-4-11(16)10(15)7-9/h3-4,7H,5-6,8,16H2,1-2H3,(H,17,20). The molecule has 1 saturated heterocycles. The van der Waals surface area contributed by atoms with E-state index in [1.165, 1.54) is 12.1 Å². The number of carbonyl (C=O) groups excluding carboxylic acids is 2. The van der Waals surface area contributed by atoms with Gasteiger partial charge in [-0.3, -0.25) is 9.59 Å². The zero-order valence-electron chi connectivity index (χ0n) is 11.6. The third kappa shape index (κ3) is 2.45. The highest BCUT2D eigenvalue weighted by Gasteiger charge is 2.41. The SMILES string of the molecule is CNC(=O)C1(C)CCN(C(=O)c2ccc(N)c(F)c2)C1. The number of hydrogen-bond donors (Lipinski definition) is 2. The fourth-order valence-electron chi connectivity index (χ4n) is 2.46. The molecule has 5 nitrogen and oxygen atoms in total. The molecule has 0 aliphatic carbocycles. The van der Waals surface area contributed by atoms with E-state index in [4.69, 9.17) is 5.73 Å². The molecule has 1 aliphatic rings. The van der Waals surface area contributed by atoms with E-state index in [-0.39, 0.29) is 23.1 Å². The van der Waals surface area contributed by atoms with Crippen molar-refractivity contribution >= 4 is 17.5 Å². The highest BCUT2D eigenvalue weighted by atomic mass is 19.1. The van der Waals surface area contributed by atoms with Crippen molar-refractivity contribution in [2.75, 3.05) is 25.9 Å². The van der Waals surface area contributed by atoms with Crippen molar-refractivity contribution < 1.29 is 14.0 Å². The maximum atomic E-state index is 13.4. The van der Waals surface area contributed by atoms with E-state index < -0.39 is 11.2 Å². The highest BCUT2D eigenvalue weighted by molar-refractivity contribution is 5.95. The second kappa shape index (κ2) is 5.11. The van der Waals surface area contributed by atoms with Crippen LogP contribution in [-0.2, 0) is 4.79 Å². The lowest BCUT2D eigenvalue weighted by atomic mass is 9.89. The van der Waals surface area contributed by atoms with Crippen LogP contribution in [0.5, 0.6) is 0 Å². The maximum absolute atomic E-state index is 13.4. The average molecular weight is 279 g/mol. The summed E-state index contributed by atoms with van der Waals surface area (Å²) in [5, 5.41) is 2.61. The molecule has 2 rings (SSSR count). The molecule has 1 aromatic carbocycles. The molecule has 1 unspecified atom stereocenters. The molecule has 0 aromatic heterocycles. The molecule has 1 aromatic rings. The van der Waals surface area contributed by atoms with Crippen LogP contribution in [0.1, 0.15) is 23.7 Å². The van der Waals surface area contributed by atoms with Gasteiger partial charge in [-0.15, -0.1) is 0 Å². The van der Waals surface area contributed by atoms with Gasteiger partial charge in [0.15, 0.2) is 0 Å². The number of carbonyl (C=O) groups is 2. The summed E-state index contributed by atoms with van der Waals surface area (Å²) < 4.78 is 13.4. The Balaban J connectivity index is 2.15. The van der Waals surface area contributed by atoms with Crippen molar-refractivity contribution in [3.05, 3.63) is 29.6 Å². The maximum Gasteiger partial charge on any atom is 0.253 e. The van der Waals surface area contributed by atoms with Crippen molar-refractivity contribution in [2.24, 2.45) is 5.41 Å². The highest BCUT2D eigenvalue weighted by Crippen LogP contribution is 2.31. The van der Waals surface area contributed by atoms with Gasteiger partial charge in [-0.25, -0.2) is 4.39 Å². The van der Waals surface area contributed by atoms with Crippen LogP contribution in [0.3, 0.4) is 0 Å². The number of nitrogens with two attached hydrogens (primary N) is 1. The number of nitrogens with zero attached hydrogens (tertiary/aromatic N) is 1. The Morgan fingerprint density at radius 2 is 2.15 bits per heavy atom. The summed E-state index contributed by atoms with van der Waals surface area (Å²) in [4.78, 5) is 25.7. The quantitative estimate of drug-likeness (QED) is 0.793. The molecule has 1 atom stereocenters. The number of rotatable bonds is 2. The summed E-state index contributed by atoms with van der Waals surface area (Å²) >= 11 is 0. The molecule has 0 spiro atoms. The third-order valence-electron chi connectivity index (χ3n) is 3.78. The molecule has 108 valence electrons. The molecule has 6 heteroatoms. The molecular weight excluding hydrogens is 261 g/mol. The van der Waals surface area contributed by atoms with Gasteiger partial charge in [0.05, 0.1) is 11.1 Å². The summed E-state index contributed by atoms with van der Waals surface area (Å²) in [6, 6.07) is 4.00. The lowest BCUT2D eigenvalue weighted by Crippen LogP contribution is -2.40. The number of anilines is 1. The normalized spacial score (nSPS) is 21.9. The molecular formula is C14H18FN3O2. The Labute approximate surface area is 116 Å². The predicted octanol–water partition coefficient (Wildman–Crippen LogP) is 1.01. The van der Waals surface area contributed by atoms with Crippen LogP contribution in [0.25, 0.3) is 0 Å². The summed E-state index contributed by atoms with van der Waals surface area (Å²) in [7, 11) is 1.58. The van der Waals surface area contributed by atoms with Crippen LogP contribution in [0, 0.1) is 11.2 Å². The Morgan fingerprint density at radius 3 is 2.75 bits per heavy atom. The lowest BCUT2D eigenvalue weighted by molar-refractivity contribution is -0.128. The number of amides is 2. The van der Waals surface area contributed by atoms with E-state index >= 15 is 0 Å². The van der Waals surface area contributed by atoms with Crippen molar-refractivity contribution in [3.8, 4) is 0 Å². The molecule has 2 amide bonds. The van der Waals surface area contributed by atoms with Gasteiger partial charge in [0.2, 0.25) is 5.91 Å². The topological polar surface area (TPSA) is 75.4 Å². The van der Waals surface area contributed by atoms with Gasteiger partial charge >= 0.3 is 0 Å². The minimum absolute atomic E-state index is 0.0122. The molecule has 0 saturated carbocycles. The number of likely N-dealkylation sites (tertiary alicyclic amines) is 1. The van der Waals surface area contributed by atoms with Crippen LogP contribution >= 0.6 is 0 Å². The number of nitrogen functional groups attached to an aromatic ring is 1. The van der Waals surface area contributed by atoms with E-state index in [0.717, 1.165) is 6.07 Å². The van der Waals surface area contributed by atoms with Crippen LogP contribution < -0.4 is 11.1 Å². The second-order valence-electron chi connectivity index (χ2n) is 5.35. The Bertz CT molecular complexity index is 561. The first-order valence-corrected chi connectivity index (χ1v) is 6.44. The number of hydrogen-bond acceptors (Lipinski definition) is 3. The largest absolute Gasteiger partial charge is 0.396 e. The van der Waals surface area contributed by atoms with Crippen molar-refractivity contribution in [3.63, 3.8) is 0 Å². The Morgan fingerprint density at radius 1 is 1.45 bits per heavy atom. The zero-order valence-corrected chi connectivity index (χ0v) is 11.6. The molecule has 1 aliphatic heterocycles. The first-order valence-electron chi connectivity index (χ1n) is 6.44. The van der Waals surface area contributed by atoms with Crippen LogP contribution in [0.2, 0.25) is 0 Å². The van der Waals surface area contributed by atoms with E-state index in [2.05, 4.69) is 5.32 Å². The van der Waals surface area contributed by atoms with Gasteiger partial charge in [0.1, 0.15) is 5.82 Å². The fourth-order valence-corrected chi connectivity index (χ4v) is 2.46. The summed E-state index contributed by atoms with van der Waals surface area (Å²) in [5.41, 5.74) is 5.06. The Hall–Kier alpha value is -2.11. The van der Waals surface area contributed by atoms with Crippen molar-refractivity contribution in [2.45, 2.75) is 13.3 Å². The first-order chi connectivity index (χ1) is 9.37. The van der Waals surface area contributed by atoms with Gasteiger partial charge < -0.3 is 16.0 Å². The van der Waals surface area contributed by atoms with E-state index in [9.17, 15) is 14.0 Å². The summed E-state index contributed by atoms with van der Waals surface area (Å²) in [5.74, 6) is -0.975. The molecule has 0 radical (unpaired) electrons. The lowest BCUT2D eigenvalue weighted by Gasteiger charge is -2.22. The average Bonchev–Trinajstić information content (AvgIpc) is 2.84. The van der Waals surface area contributed by atoms with Crippen LogP contribution in [-0.4, -0.2) is 36.9 Å². The number of benzene rings is 1. The van der Waals surface area contributed by atoms with Gasteiger partial charge in [0.25, 0.3) is 5.91 Å². The molecule has 0 bridgehead atoms. The molecule has 1 fully saturated rings. The van der Waals surface area contributed by atoms with Crippen LogP contribution in [0.15, 0.2) is 18.2 Å². The minimum Gasteiger partial charge on any atom is -0.396 e. The van der Waals surface area contributed by atoms with Crippen LogP contribution in [0.4, 0.5) is 10.1 Å². The molecule has 1 heterocycles. The summed E-state index contributed by atoms with van der Waals surface area (Å²) in [6.45, 7) is 2.63. The van der Waals surface area contributed by atoms with E-state index in [1.54, 1.807) is 11.9 Å². The minimum atomic E-state index is -0.607. The van der Waals surface area contributed by atoms with Gasteiger partial charge in [-0.1, -0.05) is 0 Å². The smallest absolute Gasteiger partial charge is 0.253 e. The zero-order chi connectivity index (χ0) is 14.9. The fraction of sp³-hybridized carbons (Fsp3) is 0.429. The van der Waals surface area contributed by atoms with Gasteiger partial charge in [0, 0.05) is 25.7 Å². The monoisotopic (exact) mass is 279 g/mol. The van der Waals surface area contributed by atoms with E-state index in [0.29, 0.717) is 19.5 Å². The van der Waals surface area contributed by atoms with Gasteiger partial charge in [-0.2, -0.15) is 0 Å². The predicted molar refractivity (Wildman–Crippen MR) is 73.5 cm³/mol. The Kier molecular flexibility index (Phi) is 3.65. The van der Waals surface area contributed by atoms with Crippen molar-refractivity contribution in [1.29, 1.82) is 0 Å². The van der Waals surface area contributed by atoms with Gasteiger partial charge in [-0.05, 0) is 31.5 Å².